The lowest BCUT2D eigenvalue weighted by molar-refractivity contribution is 0.0952. The van der Waals surface area contributed by atoms with Crippen molar-refractivity contribution in [1.29, 1.82) is 0 Å². The summed E-state index contributed by atoms with van der Waals surface area (Å²) in [4.78, 5) is 26.8. The second-order valence-electron chi connectivity index (χ2n) is 4.53. The second kappa shape index (κ2) is 4.42. The Balaban J connectivity index is 2.11. The molecule has 0 bridgehead atoms. The Labute approximate surface area is 103 Å². The zero-order chi connectivity index (χ0) is 12.5. The number of para-hydroxylation sites is 1. The van der Waals surface area contributed by atoms with E-state index < -0.39 is 0 Å². The van der Waals surface area contributed by atoms with Gasteiger partial charge in [-0.1, -0.05) is 12.1 Å². The summed E-state index contributed by atoms with van der Waals surface area (Å²) in [5, 5.41) is 0.537. The smallest absolute Gasteiger partial charge is 0.328 e. The highest BCUT2D eigenvalue weighted by Crippen LogP contribution is 2.13. The molecule has 1 atom stereocenters. The molecule has 2 aromatic rings. The molecule has 0 amide bonds. The van der Waals surface area contributed by atoms with Gasteiger partial charge in [-0.05, 0) is 25.0 Å². The number of nitrogens with zero attached hydrogens (tertiary/aromatic N) is 1. The highest BCUT2D eigenvalue weighted by molar-refractivity contribution is 5.76. The molecule has 94 valence electrons. The largest absolute Gasteiger partial charge is 0.376 e. The molecule has 3 rings (SSSR count). The van der Waals surface area contributed by atoms with E-state index in [0.29, 0.717) is 24.1 Å². The van der Waals surface area contributed by atoms with Gasteiger partial charge in [0.1, 0.15) is 0 Å². The molecule has 1 saturated heterocycles. The van der Waals surface area contributed by atoms with Crippen molar-refractivity contribution in [3.05, 3.63) is 45.1 Å². The van der Waals surface area contributed by atoms with Gasteiger partial charge in [-0.15, -0.1) is 0 Å². The SMILES string of the molecule is O=c1[nH]c2ccccc2c(=O)n1CC1CCCO1. The molecule has 0 spiro atoms. The van der Waals surface area contributed by atoms with Crippen LogP contribution in [0.2, 0.25) is 0 Å². The van der Waals surface area contributed by atoms with Crippen molar-refractivity contribution in [2.45, 2.75) is 25.5 Å². The molecule has 0 radical (unpaired) electrons. The van der Waals surface area contributed by atoms with Gasteiger partial charge in [0, 0.05) is 6.61 Å². The molecule has 0 aliphatic carbocycles. The van der Waals surface area contributed by atoms with Gasteiger partial charge in [-0.3, -0.25) is 9.36 Å². The van der Waals surface area contributed by atoms with E-state index in [0.717, 1.165) is 12.8 Å². The van der Waals surface area contributed by atoms with Crippen LogP contribution in [0.15, 0.2) is 33.9 Å². The van der Waals surface area contributed by atoms with Gasteiger partial charge in [0.2, 0.25) is 0 Å². The van der Waals surface area contributed by atoms with E-state index in [2.05, 4.69) is 4.98 Å². The molecule has 2 heterocycles. The van der Waals surface area contributed by atoms with Crippen LogP contribution in [0, 0.1) is 0 Å². The van der Waals surface area contributed by atoms with Crippen molar-refractivity contribution < 1.29 is 4.74 Å². The normalized spacial score (nSPS) is 19.4. The summed E-state index contributed by atoms with van der Waals surface area (Å²) in [6.07, 6.45) is 1.87. The van der Waals surface area contributed by atoms with Crippen molar-refractivity contribution >= 4 is 10.9 Å². The van der Waals surface area contributed by atoms with Crippen molar-refractivity contribution in [3.8, 4) is 0 Å². The topological polar surface area (TPSA) is 64.1 Å². The quantitative estimate of drug-likeness (QED) is 0.855. The average Bonchev–Trinajstić information content (AvgIpc) is 2.87. The number of hydrogen-bond acceptors (Lipinski definition) is 3. The zero-order valence-corrected chi connectivity index (χ0v) is 9.89. The number of fused-ring (bicyclic) bond motifs is 1. The lowest BCUT2D eigenvalue weighted by atomic mass is 10.2. The van der Waals surface area contributed by atoms with E-state index in [9.17, 15) is 9.59 Å². The van der Waals surface area contributed by atoms with E-state index in [1.165, 1.54) is 4.57 Å². The minimum atomic E-state index is -0.366. The van der Waals surface area contributed by atoms with E-state index in [-0.39, 0.29) is 17.4 Å². The predicted octanol–water partition coefficient (Wildman–Crippen LogP) is 0.869. The molecular formula is C13H14N2O3. The first-order valence-electron chi connectivity index (χ1n) is 6.09. The van der Waals surface area contributed by atoms with Crippen LogP contribution in [0.3, 0.4) is 0 Å². The zero-order valence-electron chi connectivity index (χ0n) is 9.89. The number of hydrogen-bond donors (Lipinski definition) is 1. The second-order valence-corrected chi connectivity index (χ2v) is 4.53. The Bertz CT molecular complexity index is 680. The van der Waals surface area contributed by atoms with Crippen molar-refractivity contribution in [3.63, 3.8) is 0 Å². The van der Waals surface area contributed by atoms with Gasteiger partial charge in [-0.25, -0.2) is 4.79 Å². The van der Waals surface area contributed by atoms with Crippen LogP contribution in [-0.4, -0.2) is 22.3 Å². The Morgan fingerprint density at radius 3 is 2.94 bits per heavy atom. The summed E-state index contributed by atoms with van der Waals surface area (Å²) in [5.41, 5.74) is -0.0323. The summed E-state index contributed by atoms with van der Waals surface area (Å²) in [6, 6.07) is 7.04. The predicted molar refractivity (Wildman–Crippen MR) is 67.8 cm³/mol. The fourth-order valence-corrected chi connectivity index (χ4v) is 2.36. The third kappa shape index (κ3) is 1.86. The fourth-order valence-electron chi connectivity index (χ4n) is 2.36. The van der Waals surface area contributed by atoms with Crippen molar-refractivity contribution in [2.24, 2.45) is 0 Å². The van der Waals surface area contributed by atoms with Crippen LogP contribution >= 0.6 is 0 Å². The number of aromatic nitrogens is 2. The molecule has 1 aromatic carbocycles. The van der Waals surface area contributed by atoms with Crippen LogP contribution in [0.25, 0.3) is 10.9 Å². The maximum absolute atomic E-state index is 12.2. The van der Waals surface area contributed by atoms with Crippen LogP contribution in [-0.2, 0) is 11.3 Å². The summed E-state index contributed by atoms with van der Waals surface area (Å²) >= 11 is 0. The number of H-pyrrole nitrogens is 1. The average molecular weight is 246 g/mol. The summed E-state index contributed by atoms with van der Waals surface area (Å²) in [7, 11) is 0. The Hall–Kier alpha value is -1.88. The molecule has 1 fully saturated rings. The van der Waals surface area contributed by atoms with Gasteiger partial charge >= 0.3 is 5.69 Å². The maximum atomic E-state index is 12.2. The van der Waals surface area contributed by atoms with Crippen LogP contribution in [0.5, 0.6) is 0 Å². The first-order chi connectivity index (χ1) is 8.75. The Morgan fingerprint density at radius 1 is 1.33 bits per heavy atom. The van der Waals surface area contributed by atoms with E-state index in [1.54, 1.807) is 24.3 Å². The first kappa shape index (κ1) is 11.2. The maximum Gasteiger partial charge on any atom is 0.328 e. The van der Waals surface area contributed by atoms with E-state index in [4.69, 9.17) is 4.74 Å². The Kier molecular flexibility index (Phi) is 2.76. The number of ether oxygens (including phenoxy) is 1. The van der Waals surface area contributed by atoms with Crippen molar-refractivity contribution in [1.82, 2.24) is 9.55 Å². The van der Waals surface area contributed by atoms with E-state index in [1.807, 2.05) is 0 Å². The molecule has 1 unspecified atom stereocenters. The third-order valence-electron chi connectivity index (χ3n) is 3.30. The standard InChI is InChI=1S/C13H14N2O3/c16-12-10-5-1-2-6-11(10)14-13(17)15(12)8-9-4-3-7-18-9/h1-2,5-6,9H,3-4,7-8H2,(H,14,17). The molecule has 0 saturated carbocycles. The van der Waals surface area contributed by atoms with Gasteiger partial charge in [0.05, 0.1) is 23.6 Å². The number of aromatic amines is 1. The lowest BCUT2D eigenvalue weighted by Gasteiger charge is -2.11. The Morgan fingerprint density at radius 2 is 2.17 bits per heavy atom. The summed E-state index contributed by atoms with van der Waals surface area (Å²) < 4.78 is 6.70. The third-order valence-corrected chi connectivity index (χ3v) is 3.30. The molecular weight excluding hydrogens is 232 g/mol. The van der Waals surface area contributed by atoms with Gasteiger partial charge < -0.3 is 9.72 Å². The van der Waals surface area contributed by atoms with Gasteiger partial charge in [0.25, 0.3) is 5.56 Å². The molecule has 1 aliphatic rings. The summed E-state index contributed by atoms with van der Waals surface area (Å²) in [5.74, 6) is 0. The molecule has 5 nitrogen and oxygen atoms in total. The minimum absolute atomic E-state index is 0.0232. The molecule has 18 heavy (non-hydrogen) atoms. The molecule has 1 aromatic heterocycles. The van der Waals surface area contributed by atoms with Gasteiger partial charge in [0.15, 0.2) is 0 Å². The van der Waals surface area contributed by atoms with Crippen LogP contribution < -0.4 is 11.2 Å². The molecule has 5 heteroatoms. The monoisotopic (exact) mass is 246 g/mol. The fraction of sp³-hybridized carbons (Fsp3) is 0.385. The van der Waals surface area contributed by atoms with Crippen LogP contribution in [0.4, 0.5) is 0 Å². The number of benzene rings is 1. The highest BCUT2D eigenvalue weighted by atomic mass is 16.5. The molecule has 1 aliphatic heterocycles. The highest BCUT2D eigenvalue weighted by Gasteiger charge is 2.18. The molecule has 1 N–H and O–H groups in total. The minimum Gasteiger partial charge on any atom is -0.376 e. The first-order valence-corrected chi connectivity index (χ1v) is 6.09. The van der Waals surface area contributed by atoms with Gasteiger partial charge in [-0.2, -0.15) is 0 Å². The van der Waals surface area contributed by atoms with Crippen LogP contribution in [0.1, 0.15) is 12.8 Å². The van der Waals surface area contributed by atoms with E-state index >= 15 is 0 Å². The number of nitrogens with one attached hydrogen (secondary N) is 1. The van der Waals surface area contributed by atoms with Crippen molar-refractivity contribution in [2.75, 3.05) is 6.61 Å². The number of rotatable bonds is 2. The lowest BCUT2D eigenvalue weighted by Crippen LogP contribution is -2.38. The summed E-state index contributed by atoms with van der Waals surface area (Å²) in [6.45, 7) is 1.05.